The van der Waals surface area contributed by atoms with Crippen LogP contribution in [0.1, 0.15) is 77.6 Å². The third-order valence-corrected chi connectivity index (χ3v) is 4.86. The van der Waals surface area contributed by atoms with Crippen molar-refractivity contribution in [3.05, 3.63) is 12.2 Å². The van der Waals surface area contributed by atoms with Crippen molar-refractivity contribution in [2.45, 2.75) is 77.6 Å². The molecular formula is C20H32O6. The summed E-state index contributed by atoms with van der Waals surface area (Å²) >= 11 is 0. The summed E-state index contributed by atoms with van der Waals surface area (Å²) in [5.41, 5.74) is -0.906. The van der Waals surface area contributed by atoms with Gasteiger partial charge >= 0.3 is 17.9 Å². The van der Waals surface area contributed by atoms with Gasteiger partial charge in [0.15, 0.2) is 5.41 Å². The van der Waals surface area contributed by atoms with E-state index in [-0.39, 0.29) is 12.6 Å². The fourth-order valence-electron chi connectivity index (χ4n) is 3.16. The highest BCUT2D eigenvalue weighted by Gasteiger charge is 2.48. The fourth-order valence-corrected chi connectivity index (χ4v) is 3.16. The molecule has 26 heavy (non-hydrogen) atoms. The summed E-state index contributed by atoms with van der Waals surface area (Å²) in [5, 5.41) is 9.43. The van der Waals surface area contributed by atoms with Crippen LogP contribution in [0.15, 0.2) is 12.2 Å². The lowest BCUT2D eigenvalue weighted by Crippen LogP contribution is -2.42. The molecule has 0 amide bonds. The molecule has 0 unspecified atom stereocenters. The van der Waals surface area contributed by atoms with Crippen LogP contribution in [-0.4, -0.2) is 36.2 Å². The van der Waals surface area contributed by atoms with Crippen molar-refractivity contribution in [1.29, 1.82) is 0 Å². The number of carboxylic acid groups (broad SMARTS) is 1. The van der Waals surface area contributed by atoms with Crippen LogP contribution in [0.5, 0.6) is 0 Å². The van der Waals surface area contributed by atoms with Gasteiger partial charge in [-0.05, 0) is 32.6 Å². The highest BCUT2D eigenvalue weighted by Crippen LogP contribution is 2.37. The molecule has 6 heteroatoms. The van der Waals surface area contributed by atoms with E-state index in [0.29, 0.717) is 25.0 Å². The lowest BCUT2D eigenvalue weighted by atomic mass is 9.74. The average Bonchev–Trinajstić information content (AvgIpc) is 2.63. The first-order valence-corrected chi connectivity index (χ1v) is 9.63. The van der Waals surface area contributed by atoms with Crippen LogP contribution in [0.25, 0.3) is 0 Å². The largest absolute Gasteiger partial charge is 0.480 e. The highest BCUT2D eigenvalue weighted by molar-refractivity contribution is 5.99. The zero-order valence-electron chi connectivity index (χ0n) is 15.9. The molecule has 0 aromatic carbocycles. The Morgan fingerprint density at radius 1 is 0.885 bits per heavy atom. The van der Waals surface area contributed by atoms with Crippen LogP contribution in [0, 0.1) is 5.41 Å². The molecule has 1 fully saturated rings. The maximum absolute atomic E-state index is 12.2. The summed E-state index contributed by atoms with van der Waals surface area (Å²) in [7, 11) is 0. The number of unbranched alkanes of at least 4 members (excludes halogenated alkanes) is 5. The third-order valence-electron chi connectivity index (χ3n) is 4.86. The first kappa shape index (κ1) is 22.2. The predicted octanol–water partition coefficient (Wildman–Crippen LogP) is 4.02. The zero-order chi connectivity index (χ0) is 19.4. The van der Waals surface area contributed by atoms with E-state index in [1.165, 1.54) is 0 Å². The zero-order valence-corrected chi connectivity index (χ0v) is 15.9. The van der Waals surface area contributed by atoms with E-state index in [0.717, 1.165) is 57.8 Å². The number of carbonyl (C=O) groups excluding carboxylic acids is 2. The van der Waals surface area contributed by atoms with Crippen molar-refractivity contribution >= 4 is 17.9 Å². The first-order chi connectivity index (χ1) is 12.4. The Labute approximate surface area is 155 Å². The SMILES string of the molecule is C=C(C)C(=O)OCCCCCCCCOC(=O)C1(C(=O)O)CCCCC1. The highest BCUT2D eigenvalue weighted by atomic mass is 16.5. The van der Waals surface area contributed by atoms with Gasteiger partial charge in [0.25, 0.3) is 0 Å². The number of ether oxygens (including phenoxy) is 2. The summed E-state index contributed by atoms with van der Waals surface area (Å²) in [5.74, 6) is -1.96. The topological polar surface area (TPSA) is 89.9 Å². The second-order valence-electron chi connectivity index (χ2n) is 7.12. The van der Waals surface area contributed by atoms with E-state index in [1.54, 1.807) is 6.92 Å². The quantitative estimate of drug-likeness (QED) is 0.242. The number of hydrogen-bond acceptors (Lipinski definition) is 5. The molecule has 0 aromatic rings. The molecule has 1 saturated carbocycles. The Bertz CT molecular complexity index is 491. The van der Waals surface area contributed by atoms with Gasteiger partial charge in [0.1, 0.15) is 0 Å². The molecule has 0 aromatic heterocycles. The Morgan fingerprint density at radius 3 is 1.88 bits per heavy atom. The lowest BCUT2D eigenvalue weighted by Gasteiger charge is -2.30. The fraction of sp³-hybridized carbons (Fsp3) is 0.750. The van der Waals surface area contributed by atoms with Crippen molar-refractivity contribution in [1.82, 2.24) is 0 Å². The molecule has 1 rings (SSSR count). The second-order valence-corrected chi connectivity index (χ2v) is 7.12. The van der Waals surface area contributed by atoms with Gasteiger partial charge in [-0.3, -0.25) is 9.59 Å². The van der Waals surface area contributed by atoms with Gasteiger partial charge < -0.3 is 14.6 Å². The number of carboxylic acids is 1. The smallest absolute Gasteiger partial charge is 0.333 e. The minimum Gasteiger partial charge on any atom is -0.480 e. The van der Waals surface area contributed by atoms with Crippen LogP contribution in [0.3, 0.4) is 0 Å². The maximum atomic E-state index is 12.2. The Balaban J connectivity index is 2.06. The molecule has 6 nitrogen and oxygen atoms in total. The molecule has 0 spiro atoms. The summed E-state index contributed by atoms with van der Waals surface area (Å²) < 4.78 is 10.3. The maximum Gasteiger partial charge on any atom is 0.333 e. The van der Waals surface area contributed by atoms with Gasteiger partial charge in [-0.25, -0.2) is 4.79 Å². The van der Waals surface area contributed by atoms with Gasteiger partial charge in [0.05, 0.1) is 13.2 Å². The molecule has 1 N–H and O–H groups in total. The number of aliphatic carboxylic acids is 1. The molecule has 0 saturated heterocycles. The Kier molecular flexibility index (Phi) is 9.99. The molecule has 0 heterocycles. The van der Waals surface area contributed by atoms with E-state index < -0.39 is 17.4 Å². The van der Waals surface area contributed by atoms with Gasteiger partial charge in [-0.15, -0.1) is 0 Å². The number of hydrogen-bond donors (Lipinski definition) is 1. The second kappa shape index (κ2) is 11.7. The number of esters is 2. The number of carbonyl (C=O) groups is 3. The Hall–Kier alpha value is -1.85. The molecular weight excluding hydrogens is 336 g/mol. The lowest BCUT2D eigenvalue weighted by molar-refractivity contribution is -0.171. The Morgan fingerprint density at radius 2 is 1.38 bits per heavy atom. The molecule has 1 aliphatic carbocycles. The molecule has 0 aliphatic heterocycles. The molecule has 1 aliphatic rings. The van der Waals surface area contributed by atoms with Crippen molar-refractivity contribution in [3.63, 3.8) is 0 Å². The summed E-state index contributed by atoms with van der Waals surface area (Å²) in [6.07, 6.45) is 8.80. The predicted molar refractivity (Wildman–Crippen MR) is 97.6 cm³/mol. The van der Waals surface area contributed by atoms with Crippen LogP contribution < -0.4 is 0 Å². The monoisotopic (exact) mass is 368 g/mol. The van der Waals surface area contributed by atoms with Crippen LogP contribution in [0.4, 0.5) is 0 Å². The first-order valence-electron chi connectivity index (χ1n) is 9.63. The molecule has 0 radical (unpaired) electrons. The van der Waals surface area contributed by atoms with E-state index in [4.69, 9.17) is 9.47 Å². The van der Waals surface area contributed by atoms with E-state index in [9.17, 15) is 19.5 Å². The minimum absolute atomic E-state index is 0.282. The normalized spacial score (nSPS) is 15.9. The molecule has 0 atom stereocenters. The summed E-state index contributed by atoms with van der Waals surface area (Å²) in [6, 6.07) is 0. The summed E-state index contributed by atoms with van der Waals surface area (Å²) in [4.78, 5) is 34.9. The van der Waals surface area contributed by atoms with E-state index in [2.05, 4.69) is 6.58 Å². The molecule has 148 valence electrons. The average molecular weight is 368 g/mol. The van der Waals surface area contributed by atoms with Gasteiger partial charge in [-0.1, -0.05) is 51.5 Å². The van der Waals surface area contributed by atoms with Crippen LogP contribution in [0.2, 0.25) is 0 Å². The standard InChI is InChI=1S/C20H32O6/c1-16(2)17(21)25-14-10-5-3-4-6-11-15-26-19(24)20(18(22)23)12-8-7-9-13-20/h1,3-15H2,2H3,(H,22,23). The molecule has 0 bridgehead atoms. The van der Waals surface area contributed by atoms with Crippen LogP contribution in [-0.2, 0) is 23.9 Å². The van der Waals surface area contributed by atoms with E-state index >= 15 is 0 Å². The number of rotatable bonds is 12. The third kappa shape index (κ3) is 7.18. The van der Waals surface area contributed by atoms with Gasteiger partial charge in [-0.2, -0.15) is 0 Å². The van der Waals surface area contributed by atoms with Crippen molar-refractivity contribution in [2.75, 3.05) is 13.2 Å². The minimum atomic E-state index is -1.32. The van der Waals surface area contributed by atoms with Gasteiger partial charge in [0, 0.05) is 5.57 Å². The van der Waals surface area contributed by atoms with Gasteiger partial charge in [0.2, 0.25) is 0 Å². The summed E-state index contributed by atoms with van der Waals surface area (Å²) in [6.45, 7) is 5.85. The van der Waals surface area contributed by atoms with E-state index in [1.807, 2.05) is 0 Å². The van der Waals surface area contributed by atoms with Crippen molar-refractivity contribution < 1.29 is 29.0 Å². The van der Waals surface area contributed by atoms with Crippen molar-refractivity contribution in [2.24, 2.45) is 5.41 Å². The van der Waals surface area contributed by atoms with Crippen molar-refractivity contribution in [3.8, 4) is 0 Å². The van der Waals surface area contributed by atoms with Crippen LogP contribution >= 0.6 is 0 Å².